The lowest BCUT2D eigenvalue weighted by atomic mass is 10.1. The van der Waals surface area contributed by atoms with Crippen LogP contribution < -0.4 is 15.2 Å². The van der Waals surface area contributed by atoms with Crippen molar-refractivity contribution in [2.75, 3.05) is 4.72 Å². The second kappa shape index (κ2) is 4.34. The smallest absolute Gasteiger partial charge is 0.258 e. The van der Waals surface area contributed by atoms with E-state index in [2.05, 4.69) is 11.3 Å². The average molecular weight is 268 g/mol. The van der Waals surface area contributed by atoms with Gasteiger partial charge in [0, 0.05) is 23.1 Å². The molecule has 0 saturated heterocycles. The molecule has 1 aromatic rings. The maximum absolute atomic E-state index is 11.3. The number of fused-ring (bicyclic) bond motifs is 1. The van der Waals surface area contributed by atoms with Gasteiger partial charge in [0.1, 0.15) is 5.75 Å². The van der Waals surface area contributed by atoms with Gasteiger partial charge in [-0.1, -0.05) is 6.58 Å². The zero-order valence-corrected chi connectivity index (χ0v) is 10.2. The number of nitrogens with one attached hydrogen (secondary N) is 1. The van der Waals surface area contributed by atoms with Crippen molar-refractivity contribution in [3.8, 4) is 5.75 Å². The SMILES string of the molecule is C=CS(=O)(=O)Nc1ccc2c(c1)CC(C(N)=O)O2. The fraction of sp³-hybridized carbons (Fsp3) is 0.182. The van der Waals surface area contributed by atoms with Gasteiger partial charge in [-0.2, -0.15) is 0 Å². The van der Waals surface area contributed by atoms with Crippen LogP contribution in [0.15, 0.2) is 30.2 Å². The summed E-state index contributed by atoms with van der Waals surface area (Å²) >= 11 is 0. The Labute approximate surface area is 104 Å². The van der Waals surface area contributed by atoms with Crippen molar-refractivity contribution in [1.29, 1.82) is 0 Å². The molecule has 1 heterocycles. The van der Waals surface area contributed by atoms with E-state index in [0.29, 0.717) is 17.9 Å². The Bertz CT molecular complexity index is 609. The van der Waals surface area contributed by atoms with E-state index < -0.39 is 22.0 Å². The van der Waals surface area contributed by atoms with E-state index in [9.17, 15) is 13.2 Å². The molecule has 18 heavy (non-hydrogen) atoms. The van der Waals surface area contributed by atoms with E-state index in [1.165, 1.54) is 0 Å². The van der Waals surface area contributed by atoms with Gasteiger partial charge >= 0.3 is 0 Å². The summed E-state index contributed by atoms with van der Waals surface area (Å²) in [6, 6.07) is 4.75. The molecule has 0 aliphatic carbocycles. The van der Waals surface area contributed by atoms with Gasteiger partial charge in [-0.25, -0.2) is 8.42 Å². The van der Waals surface area contributed by atoms with Gasteiger partial charge in [0.2, 0.25) is 0 Å². The number of hydrogen-bond donors (Lipinski definition) is 2. The van der Waals surface area contributed by atoms with Crippen LogP contribution in [0.25, 0.3) is 0 Å². The fourth-order valence-electron chi connectivity index (χ4n) is 1.68. The highest BCUT2D eigenvalue weighted by Gasteiger charge is 2.27. The third-order valence-corrected chi connectivity index (χ3v) is 3.49. The van der Waals surface area contributed by atoms with Gasteiger partial charge in [-0.3, -0.25) is 9.52 Å². The molecule has 2 rings (SSSR count). The summed E-state index contributed by atoms with van der Waals surface area (Å²) in [6.07, 6.45) is -0.347. The molecule has 7 heteroatoms. The van der Waals surface area contributed by atoms with E-state index >= 15 is 0 Å². The summed E-state index contributed by atoms with van der Waals surface area (Å²) in [5.74, 6) is -0.000210. The molecule has 0 aromatic heterocycles. The molecule has 3 N–H and O–H groups in total. The number of sulfonamides is 1. The molecule has 1 aromatic carbocycles. The first-order valence-corrected chi connectivity index (χ1v) is 6.70. The third kappa shape index (κ3) is 2.45. The first-order valence-electron chi connectivity index (χ1n) is 5.15. The standard InChI is InChI=1S/C11H12N2O4S/c1-2-18(15,16)13-8-3-4-9-7(5-8)6-10(17-9)11(12)14/h2-5,10,13H,1,6H2,(H2,12,14). The Hall–Kier alpha value is -2.02. The van der Waals surface area contributed by atoms with E-state index in [-0.39, 0.29) is 0 Å². The predicted octanol–water partition coefficient (Wildman–Crippen LogP) is 0.361. The van der Waals surface area contributed by atoms with Crippen LogP contribution in [0.2, 0.25) is 0 Å². The van der Waals surface area contributed by atoms with Crippen LogP contribution >= 0.6 is 0 Å². The molecule has 0 fully saturated rings. The Balaban J connectivity index is 2.24. The van der Waals surface area contributed by atoms with Crippen LogP contribution in [0.5, 0.6) is 5.75 Å². The van der Waals surface area contributed by atoms with Crippen molar-refractivity contribution < 1.29 is 17.9 Å². The van der Waals surface area contributed by atoms with Gasteiger partial charge in [-0.05, 0) is 18.2 Å². The van der Waals surface area contributed by atoms with Crippen LogP contribution in [0.1, 0.15) is 5.56 Å². The summed E-state index contributed by atoms with van der Waals surface area (Å²) in [7, 11) is -3.54. The maximum atomic E-state index is 11.3. The summed E-state index contributed by atoms with van der Waals surface area (Å²) in [5, 5.41) is 0.822. The minimum Gasteiger partial charge on any atom is -0.480 e. The van der Waals surface area contributed by atoms with Gasteiger partial charge < -0.3 is 10.5 Å². The lowest BCUT2D eigenvalue weighted by molar-refractivity contribution is -0.123. The second-order valence-electron chi connectivity index (χ2n) is 3.85. The van der Waals surface area contributed by atoms with Crippen molar-refractivity contribution in [3.63, 3.8) is 0 Å². The van der Waals surface area contributed by atoms with Crippen molar-refractivity contribution >= 4 is 21.6 Å². The number of nitrogens with two attached hydrogens (primary N) is 1. The molecule has 1 atom stereocenters. The minimum absolute atomic E-state index is 0.342. The number of carbonyl (C=O) groups is 1. The highest BCUT2D eigenvalue weighted by molar-refractivity contribution is 7.95. The Morgan fingerprint density at radius 2 is 2.28 bits per heavy atom. The van der Waals surface area contributed by atoms with Crippen molar-refractivity contribution in [3.05, 3.63) is 35.7 Å². The van der Waals surface area contributed by atoms with Crippen LogP contribution in [-0.2, 0) is 21.2 Å². The van der Waals surface area contributed by atoms with E-state index in [0.717, 1.165) is 11.0 Å². The van der Waals surface area contributed by atoms with Crippen molar-refractivity contribution in [2.24, 2.45) is 5.73 Å². The normalized spacial score (nSPS) is 17.7. The Morgan fingerprint density at radius 1 is 1.56 bits per heavy atom. The predicted molar refractivity (Wildman–Crippen MR) is 66.5 cm³/mol. The summed E-state index contributed by atoms with van der Waals surface area (Å²) in [6.45, 7) is 3.20. The first-order chi connectivity index (χ1) is 8.41. The van der Waals surface area contributed by atoms with Crippen LogP contribution in [0.3, 0.4) is 0 Å². The second-order valence-corrected chi connectivity index (χ2v) is 5.48. The molecular weight excluding hydrogens is 256 g/mol. The van der Waals surface area contributed by atoms with Gasteiger partial charge in [-0.15, -0.1) is 0 Å². The fourth-order valence-corrected chi connectivity index (χ4v) is 2.22. The average Bonchev–Trinajstić information content (AvgIpc) is 2.71. The number of amides is 1. The summed E-state index contributed by atoms with van der Waals surface area (Å²) < 4.78 is 30.2. The third-order valence-electron chi connectivity index (χ3n) is 2.53. The van der Waals surface area contributed by atoms with Crippen LogP contribution in [-0.4, -0.2) is 20.4 Å². The molecule has 1 aliphatic rings. The van der Waals surface area contributed by atoms with Gasteiger partial charge in [0.15, 0.2) is 6.10 Å². The highest BCUT2D eigenvalue weighted by atomic mass is 32.2. The lowest BCUT2D eigenvalue weighted by Crippen LogP contribution is -2.31. The van der Waals surface area contributed by atoms with E-state index in [1.54, 1.807) is 18.2 Å². The topological polar surface area (TPSA) is 98.5 Å². The molecule has 1 unspecified atom stereocenters. The number of anilines is 1. The number of primary amides is 1. The molecule has 1 amide bonds. The Morgan fingerprint density at radius 3 is 2.89 bits per heavy atom. The number of benzene rings is 1. The quantitative estimate of drug-likeness (QED) is 0.823. The number of carbonyl (C=O) groups excluding carboxylic acids is 1. The van der Waals surface area contributed by atoms with Crippen molar-refractivity contribution in [1.82, 2.24) is 0 Å². The van der Waals surface area contributed by atoms with E-state index in [1.807, 2.05) is 0 Å². The van der Waals surface area contributed by atoms with Crippen LogP contribution in [0, 0.1) is 0 Å². The number of rotatable bonds is 4. The molecular formula is C11H12N2O4S. The first kappa shape index (κ1) is 12.4. The minimum atomic E-state index is -3.54. The number of ether oxygens (including phenoxy) is 1. The highest BCUT2D eigenvalue weighted by Crippen LogP contribution is 2.31. The zero-order valence-electron chi connectivity index (χ0n) is 9.42. The molecule has 6 nitrogen and oxygen atoms in total. The molecule has 96 valence electrons. The van der Waals surface area contributed by atoms with Crippen molar-refractivity contribution in [2.45, 2.75) is 12.5 Å². The van der Waals surface area contributed by atoms with Gasteiger partial charge in [0.25, 0.3) is 15.9 Å². The summed E-state index contributed by atoms with van der Waals surface area (Å²) in [4.78, 5) is 11.0. The monoisotopic (exact) mass is 268 g/mol. The number of hydrogen-bond acceptors (Lipinski definition) is 4. The summed E-state index contributed by atoms with van der Waals surface area (Å²) in [5.41, 5.74) is 6.28. The molecule has 1 aliphatic heterocycles. The van der Waals surface area contributed by atoms with Crippen LogP contribution in [0.4, 0.5) is 5.69 Å². The molecule has 0 radical (unpaired) electrons. The van der Waals surface area contributed by atoms with E-state index in [4.69, 9.17) is 10.5 Å². The Kier molecular flexibility index (Phi) is 3.00. The maximum Gasteiger partial charge on any atom is 0.258 e. The molecule has 0 bridgehead atoms. The molecule has 0 spiro atoms. The zero-order chi connectivity index (χ0) is 13.3. The largest absolute Gasteiger partial charge is 0.480 e. The lowest BCUT2D eigenvalue weighted by Gasteiger charge is -2.06. The molecule has 0 saturated carbocycles. The van der Waals surface area contributed by atoms with Gasteiger partial charge in [0.05, 0.1) is 0 Å².